The number of carbonyl (C=O) groups is 1. The molecule has 0 bridgehead atoms. The minimum absolute atomic E-state index is 0.0555. The molecule has 0 spiro atoms. The van der Waals surface area contributed by atoms with E-state index in [4.69, 9.17) is 5.11 Å². The van der Waals surface area contributed by atoms with Gasteiger partial charge >= 0.3 is 10.8 Å². The van der Waals surface area contributed by atoms with Gasteiger partial charge in [-0.05, 0) is 18.3 Å². The van der Waals surface area contributed by atoms with Crippen LogP contribution in [0.3, 0.4) is 0 Å². The topological polar surface area (TPSA) is 70.2 Å². The number of aromatic amines is 1. The zero-order valence-corrected chi connectivity index (χ0v) is 9.48. The van der Waals surface area contributed by atoms with Crippen molar-refractivity contribution in [1.82, 2.24) is 4.98 Å². The van der Waals surface area contributed by atoms with E-state index in [1.54, 1.807) is 0 Å². The molecule has 1 aliphatic rings. The number of nitrogens with one attached hydrogen (secondary N) is 1. The number of aromatic nitrogens is 1. The molecule has 0 aliphatic heterocycles. The molecule has 82 valence electrons. The first-order chi connectivity index (χ1) is 6.89. The number of rotatable bonds is 1. The highest BCUT2D eigenvalue weighted by Gasteiger charge is 2.37. The van der Waals surface area contributed by atoms with Gasteiger partial charge in [0, 0.05) is 10.6 Å². The van der Waals surface area contributed by atoms with E-state index < -0.39 is 11.9 Å². The Morgan fingerprint density at radius 3 is 2.87 bits per heavy atom. The summed E-state index contributed by atoms with van der Waals surface area (Å²) in [5.41, 5.74) is 0.758. The number of hydrogen-bond acceptors (Lipinski definition) is 3. The maximum absolute atomic E-state index is 11.2. The van der Waals surface area contributed by atoms with Crippen LogP contribution in [-0.2, 0) is 11.2 Å². The fourth-order valence-electron chi connectivity index (χ4n) is 2.18. The summed E-state index contributed by atoms with van der Waals surface area (Å²) in [6, 6.07) is 0. The lowest BCUT2D eigenvalue weighted by Crippen LogP contribution is -2.28. The van der Waals surface area contributed by atoms with Gasteiger partial charge in [0.25, 0.3) is 0 Å². The largest absolute Gasteiger partial charge is 0.481 e. The third-order valence-corrected chi connectivity index (χ3v) is 3.82. The van der Waals surface area contributed by atoms with Crippen LogP contribution < -0.4 is 4.87 Å². The van der Waals surface area contributed by atoms with Crippen molar-refractivity contribution in [3.05, 3.63) is 20.2 Å². The van der Waals surface area contributed by atoms with Gasteiger partial charge in [-0.1, -0.05) is 25.2 Å². The quantitative estimate of drug-likeness (QED) is 0.765. The second-order valence-electron chi connectivity index (χ2n) is 4.79. The Balaban J connectivity index is 2.51. The van der Waals surface area contributed by atoms with E-state index in [-0.39, 0.29) is 10.3 Å². The van der Waals surface area contributed by atoms with Crippen LogP contribution in [-0.4, -0.2) is 16.1 Å². The lowest BCUT2D eigenvalue weighted by molar-refractivity contribution is -0.139. The van der Waals surface area contributed by atoms with Crippen LogP contribution in [0.2, 0.25) is 0 Å². The Bertz CT molecular complexity index is 457. The van der Waals surface area contributed by atoms with Gasteiger partial charge < -0.3 is 10.1 Å². The summed E-state index contributed by atoms with van der Waals surface area (Å²) in [7, 11) is 0. The molecule has 15 heavy (non-hydrogen) atoms. The minimum atomic E-state index is -0.834. The smallest absolute Gasteiger partial charge is 0.311 e. The first kappa shape index (κ1) is 10.4. The van der Waals surface area contributed by atoms with Crippen molar-refractivity contribution in [3.8, 4) is 0 Å². The predicted octanol–water partition coefficient (Wildman–Crippen LogP) is 1.58. The Labute approximate surface area is 91.0 Å². The summed E-state index contributed by atoms with van der Waals surface area (Å²) in [6.07, 6.45) is 1.36. The second kappa shape index (κ2) is 3.20. The lowest BCUT2D eigenvalue weighted by Gasteiger charge is -2.32. The van der Waals surface area contributed by atoms with E-state index in [1.807, 2.05) is 13.8 Å². The molecule has 0 fully saturated rings. The molecular weight excluding hydrogens is 214 g/mol. The second-order valence-corrected chi connectivity index (χ2v) is 5.81. The van der Waals surface area contributed by atoms with Crippen LogP contribution in [0.5, 0.6) is 0 Å². The highest BCUT2D eigenvalue weighted by atomic mass is 32.1. The van der Waals surface area contributed by atoms with E-state index >= 15 is 0 Å². The Kier molecular flexibility index (Phi) is 2.22. The van der Waals surface area contributed by atoms with Gasteiger partial charge in [0.1, 0.15) is 0 Å². The van der Waals surface area contributed by atoms with Crippen molar-refractivity contribution in [2.24, 2.45) is 5.41 Å². The number of thiazole rings is 1. The Hall–Kier alpha value is -1.10. The van der Waals surface area contributed by atoms with Crippen molar-refractivity contribution in [1.29, 1.82) is 0 Å². The molecule has 1 atom stereocenters. The summed E-state index contributed by atoms with van der Waals surface area (Å²) < 4.78 is 0. The molecule has 1 unspecified atom stereocenters. The summed E-state index contributed by atoms with van der Waals surface area (Å²) in [5, 5.41) is 9.12. The maximum atomic E-state index is 11.2. The summed E-state index contributed by atoms with van der Waals surface area (Å²) in [6.45, 7) is 4.06. The van der Waals surface area contributed by atoms with Gasteiger partial charge in [0.05, 0.1) is 5.92 Å². The normalized spacial score (nSPS) is 23.5. The molecule has 2 N–H and O–H groups in total. The summed E-state index contributed by atoms with van der Waals surface area (Å²) >= 11 is 1.04. The van der Waals surface area contributed by atoms with Gasteiger partial charge in [-0.3, -0.25) is 9.59 Å². The molecular formula is C10H13NO3S. The zero-order chi connectivity index (χ0) is 11.2. The fourth-order valence-corrected chi connectivity index (χ4v) is 3.13. The first-order valence-corrected chi connectivity index (χ1v) is 5.65. The van der Waals surface area contributed by atoms with Crippen molar-refractivity contribution in [3.63, 3.8) is 0 Å². The van der Waals surface area contributed by atoms with Crippen molar-refractivity contribution < 1.29 is 9.90 Å². The zero-order valence-electron chi connectivity index (χ0n) is 8.66. The van der Waals surface area contributed by atoms with Crippen LogP contribution in [0.25, 0.3) is 0 Å². The third kappa shape index (κ3) is 1.84. The minimum Gasteiger partial charge on any atom is -0.481 e. The highest BCUT2D eigenvalue weighted by molar-refractivity contribution is 7.09. The molecule has 0 saturated carbocycles. The first-order valence-electron chi connectivity index (χ1n) is 4.84. The van der Waals surface area contributed by atoms with Gasteiger partial charge in [0.2, 0.25) is 0 Å². The molecule has 0 aromatic carbocycles. The van der Waals surface area contributed by atoms with E-state index in [9.17, 15) is 9.59 Å². The van der Waals surface area contributed by atoms with Crippen LogP contribution in [0.1, 0.15) is 36.8 Å². The lowest BCUT2D eigenvalue weighted by atomic mass is 9.73. The highest BCUT2D eigenvalue weighted by Crippen LogP contribution is 2.42. The molecule has 4 nitrogen and oxygen atoms in total. The standard InChI is InChI=1S/C10H13NO3S/c1-10(2)3-5(8(12)13)7-6(4-10)11-9(14)15-7/h5H,3-4H2,1-2H3,(H,11,14)(H,12,13). The Morgan fingerprint density at radius 1 is 1.60 bits per heavy atom. The van der Waals surface area contributed by atoms with Crippen LogP contribution in [0.4, 0.5) is 0 Å². The molecule has 5 heteroatoms. The van der Waals surface area contributed by atoms with E-state index in [0.717, 1.165) is 23.5 Å². The summed E-state index contributed by atoms with van der Waals surface area (Å²) in [4.78, 5) is 25.6. The number of hydrogen-bond donors (Lipinski definition) is 2. The van der Waals surface area contributed by atoms with Gasteiger partial charge in [-0.25, -0.2) is 0 Å². The molecule has 0 amide bonds. The monoisotopic (exact) mass is 227 g/mol. The SMILES string of the molecule is CC1(C)Cc2[nH]c(=O)sc2C(C(=O)O)C1. The average molecular weight is 227 g/mol. The maximum Gasteiger partial charge on any atom is 0.311 e. The van der Waals surface area contributed by atoms with Crippen LogP contribution in [0.15, 0.2) is 4.79 Å². The van der Waals surface area contributed by atoms with Gasteiger partial charge in [-0.15, -0.1) is 0 Å². The van der Waals surface area contributed by atoms with Gasteiger partial charge in [0.15, 0.2) is 0 Å². The predicted molar refractivity (Wildman–Crippen MR) is 57.4 cm³/mol. The molecule has 0 radical (unpaired) electrons. The van der Waals surface area contributed by atoms with Crippen LogP contribution >= 0.6 is 11.3 Å². The number of aliphatic carboxylic acids is 1. The average Bonchev–Trinajstić information content (AvgIpc) is 2.41. The molecule has 0 saturated heterocycles. The van der Waals surface area contributed by atoms with E-state index in [1.165, 1.54) is 0 Å². The number of fused-ring (bicyclic) bond motifs is 1. The van der Waals surface area contributed by atoms with Crippen molar-refractivity contribution >= 4 is 17.3 Å². The number of carboxylic acids is 1. The third-order valence-electron chi connectivity index (χ3n) is 2.78. The fraction of sp³-hybridized carbons (Fsp3) is 0.600. The molecule has 1 aliphatic carbocycles. The molecule has 1 aromatic heterocycles. The molecule has 1 heterocycles. The van der Waals surface area contributed by atoms with E-state index in [2.05, 4.69) is 4.98 Å². The van der Waals surface area contributed by atoms with Crippen molar-refractivity contribution in [2.75, 3.05) is 0 Å². The van der Waals surface area contributed by atoms with E-state index in [0.29, 0.717) is 11.3 Å². The van der Waals surface area contributed by atoms with Crippen molar-refractivity contribution in [2.45, 2.75) is 32.6 Å². The Morgan fingerprint density at radius 2 is 2.27 bits per heavy atom. The number of H-pyrrole nitrogens is 1. The number of carboxylic acid groups (broad SMARTS) is 1. The summed E-state index contributed by atoms with van der Waals surface area (Å²) in [5.74, 6) is -1.35. The van der Waals surface area contributed by atoms with Crippen LogP contribution in [0, 0.1) is 5.41 Å². The molecule has 2 rings (SSSR count). The van der Waals surface area contributed by atoms with Gasteiger partial charge in [-0.2, -0.15) is 0 Å². The molecule has 1 aromatic rings.